The van der Waals surface area contributed by atoms with E-state index in [9.17, 15) is 4.79 Å². The van der Waals surface area contributed by atoms with Crippen molar-refractivity contribution in [1.29, 1.82) is 0 Å². The molecule has 1 N–H and O–H groups in total. The van der Waals surface area contributed by atoms with Crippen molar-refractivity contribution in [2.75, 3.05) is 5.32 Å². The van der Waals surface area contributed by atoms with Crippen LogP contribution in [-0.4, -0.2) is 15.6 Å². The van der Waals surface area contributed by atoms with Crippen molar-refractivity contribution >= 4 is 11.8 Å². The Kier molecular flexibility index (Phi) is 4.61. The van der Waals surface area contributed by atoms with Gasteiger partial charge in [-0.25, -0.2) is 9.78 Å². The molecule has 1 unspecified atom stereocenters. The van der Waals surface area contributed by atoms with Gasteiger partial charge in [0.15, 0.2) is 0 Å². The molecule has 0 saturated heterocycles. The number of hydrogen-bond donors (Lipinski definition) is 1. The maximum absolute atomic E-state index is 11.9. The van der Waals surface area contributed by atoms with Crippen molar-refractivity contribution < 1.29 is 9.53 Å². The fourth-order valence-electron chi connectivity index (χ4n) is 2.54. The number of hydrogen-bond acceptors (Lipinski definition) is 3. The summed E-state index contributed by atoms with van der Waals surface area (Å²) in [6.45, 7) is 4.09. The number of amides is 1. The Morgan fingerprint density at radius 1 is 1.12 bits per heavy atom. The van der Waals surface area contributed by atoms with Crippen molar-refractivity contribution in [2.24, 2.45) is 0 Å². The Morgan fingerprint density at radius 3 is 2.46 bits per heavy atom. The summed E-state index contributed by atoms with van der Waals surface area (Å²) >= 11 is 0. The third kappa shape index (κ3) is 3.63. The number of carbonyl (C=O) groups excluding carboxylic acids is 1. The lowest BCUT2D eigenvalue weighted by Crippen LogP contribution is -2.16. The molecular formula is C19H19N3O2. The van der Waals surface area contributed by atoms with E-state index in [0.717, 1.165) is 11.4 Å². The zero-order valence-corrected chi connectivity index (χ0v) is 13.6. The van der Waals surface area contributed by atoms with E-state index < -0.39 is 6.09 Å². The minimum absolute atomic E-state index is 0.179. The van der Waals surface area contributed by atoms with Crippen molar-refractivity contribution in [2.45, 2.75) is 19.9 Å². The highest BCUT2D eigenvalue weighted by Crippen LogP contribution is 2.21. The molecule has 3 aromatic rings. The van der Waals surface area contributed by atoms with Crippen LogP contribution in [0, 0.1) is 6.92 Å². The van der Waals surface area contributed by atoms with E-state index in [1.54, 1.807) is 18.3 Å². The third-order valence-corrected chi connectivity index (χ3v) is 3.87. The molecule has 0 bridgehead atoms. The molecule has 1 amide bonds. The lowest BCUT2D eigenvalue weighted by atomic mass is 10.1. The Hall–Kier alpha value is -3.08. The van der Waals surface area contributed by atoms with Gasteiger partial charge in [-0.3, -0.25) is 5.32 Å². The normalized spacial score (nSPS) is 11.8. The molecule has 1 atom stereocenters. The van der Waals surface area contributed by atoms with E-state index in [-0.39, 0.29) is 6.04 Å². The molecule has 1 heterocycles. The number of para-hydroxylation sites is 1. The highest BCUT2D eigenvalue weighted by atomic mass is 16.6. The van der Waals surface area contributed by atoms with Crippen LogP contribution in [0.1, 0.15) is 24.4 Å². The first-order chi connectivity index (χ1) is 11.6. The lowest BCUT2D eigenvalue weighted by molar-refractivity contribution is 0.215. The molecule has 0 fully saturated rings. The van der Waals surface area contributed by atoms with E-state index in [4.69, 9.17) is 4.74 Å². The molecule has 2 aromatic carbocycles. The first-order valence-electron chi connectivity index (χ1n) is 7.77. The van der Waals surface area contributed by atoms with Crippen LogP contribution in [-0.2, 0) is 0 Å². The van der Waals surface area contributed by atoms with Gasteiger partial charge >= 0.3 is 6.09 Å². The summed E-state index contributed by atoms with van der Waals surface area (Å²) in [5.74, 6) is 1.48. The predicted octanol–water partition coefficient (Wildman–Crippen LogP) is 4.41. The summed E-state index contributed by atoms with van der Waals surface area (Å²) in [6, 6.07) is 16.9. The van der Waals surface area contributed by atoms with E-state index in [1.165, 1.54) is 0 Å². The number of ether oxygens (including phenoxy) is 1. The number of carbonyl (C=O) groups is 1. The van der Waals surface area contributed by atoms with Gasteiger partial charge < -0.3 is 9.30 Å². The van der Waals surface area contributed by atoms with Crippen LogP contribution < -0.4 is 10.1 Å². The summed E-state index contributed by atoms with van der Waals surface area (Å²) in [7, 11) is 0. The predicted molar refractivity (Wildman–Crippen MR) is 93.3 cm³/mol. The van der Waals surface area contributed by atoms with Crippen LogP contribution in [0.4, 0.5) is 10.5 Å². The SMILES string of the molecule is Cc1nccn1C(C)c1ccc(NC(=O)Oc2ccccc2)cc1. The number of imidazole rings is 1. The van der Waals surface area contributed by atoms with Gasteiger partial charge in [-0.1, -0.05) is 30.3 Å². The summed E-state index contributed by atoms with van der Waals surface area (Å²) in [5.41, 5.74) is 1.83. The summed E-state index contributed by atoms with van der Waals surface area (Å²) in [5, 5.41) is 2.72. The Labute approximate surface area is 140 Å². The van der Waals surface area contributed by atoms with Crippen molar-refractivity contribution in [1.82, 2.24) is 9.55 Å². The summed E-state index contributed by atoms with van der Waals surface area (Å²) < 4.78 is 7.31. The number of benzene rings is 2. The van der Waals surface area contributed by atoms with Crippen LogP contribution in [0.5, 0.6) is 5.75 Å². The molecule has 0 saturated carbocycles. The van der Waals surface area contributed by atoms with Gasteiger partial charge in [-0.15, -0.1) is 0 Å². The average Bonchev–Trinajstić information content (AvgIpc) is 3.02. The number of aromatic nitrogens is 2. The number of rotatable bonds is 4. The van der Waals surface area contributed by atoms with Crippen LogP contribution in [0.2, 0.25) is 0 Å². The summed E-state index contributed by atoms with van der Waals surface area (Å²) in [4.78, 5) is 16.1. The van der Waals surface area contributed by atoms with E-state index in [1.807, 2.05) is 55.6 Å². The maximum atomic E-state index is 11.9. The lowest BCUT2D eigenvalue weighted by Gasteiger charge is -2.16. The van der Waals surface area contributed by atoms with Crippen molar-refractivity contribution in [3.05, 3.63) is 78.4 Å². The van der Waals surface area contributed by atoms with Gasteiger partial charge in [0.2, 0.25) is 0 Å². The zero-order valence-electron chi connectivity index (χ0n) is 13.6. The maximum Gasteiger partial charge on any atom is 0.417 e. The van der Waals surface area contributed by atoms with Gasteiger partial charge in [0.05, 0.1) is 6.04 Å². The minimum Gasteiger partial charge on any atom is -0.410 e. The first kappa shape index (κ1) is 15.8. The van der Waals surface area contributed by atoms with Gasteiger partial charge in [0.1, 0.15) is 11.6 Å². The number of anilines is 1. The molecule has 0 radical (unpaired) electrons. The Morgan fingerprint density at radius 2 is 1.83 bits per heavy atom. The molecule has 24 heavy (non-hydrogen) atoms. The molecule has 1 aromatic heterocycles. The monoisotopic (exact) mass is 321 g/mol. The van der Waals surface area contributed by atoms with Gasteiger partial charge in [-0.05, 0) is 43.7 Å². The van der Waals surface area contributed by atoms with Crippen molar-refractivity contribution in [3.63, 3.8) is 0 Å². The van der Waals surface area contributed by atoms with Crippen molar-refractivity contribution in [3.8, 4) is 5.75 Å². The fourth-order valence-corrected chi connectivity index (χ4v) is 2.54. The molecule has 122 valence electrons. The van der Waals surface area contributed by atoms with Crippen LogP contribution in [0.15, 0.2) is 67.0 Å². The molecule has 0 aliphatic rings. The Balaban J connectivity index is 1.64. The molecule has 0 spiro atoms. The van der Waals surface area contributed by atoms with Gasteiger partial charge in [0.25, 0.3) is 0 Å². The number of nitrogens with zero attached hydrogens (tertiary/aromatic N) is 2. The summed E-state index contributed by atoms with van der Waals surface area (Å²) in [6.07, 6.45) is 3.25. The zero-order chi connectivity index (χ0) is 16.9. The van der Waals surface area contributed by atoms with Crippen LogP contribution in [0.3, 0.4) is 0 Å². The van der Waals surface area contributed by atoms with E-state index in [2.05, 4.69) is 21.8 Å². The highest BCUT2D eigenvalue weighted by molar-refractivity contribution is 5.86. The van der Waals surface area contributed by atoms with Crippen LogP contribution >= 0.6 is 0 Å². The molecule has 0 aliphatic heterocycles. The minimum atomic E-state index is -0.507. The highest BCUT2D eigenvalue weighted by Gasteiger charge is 2.10. The second-order valence-corrected chi connectivity index (χ2v) is 5.51. The fraction of sp³-hybridized carbons (Fsp3) is 0.158. The third-order valence-electron chi connectivity index (χ3n) is 3.87. The largest absolute Gasteiger partial charge is 0.417 e. The Bertz CT molecular complexity index is 810. The second kappa shape index (κ2) is 7.00. The number of nitrogens with one attached hydrogen (secondary N) is 1. The molecular weight excluding hydrogens is 302 g/mol. The second-order valence-electron chi connectivity index (χ2n) is 5.51. The topological polar surface area (TPSA) is 56.2 Å². The molecule has 5 nitrogen and oxygen atoms in total. The van der Waals surface area contributed by atoms with Crippen LogP contribution in [0.25, 0.3) is 0 Å². The van der Waals surface area contributed by atoms with E-state index in [0.29, 0.717) is 11.4 Å². The standard InChI is InChI=1S/C19H19N3O2/c1-14(22-13-12-20-15(22)2)16-8-10-17(11-9-16)21-19(23)24-18-6-4-3-5-7-18/h3-14H,1-2H3,(H,21,23). The van der Waals surface area contributed by atoms with E-state index >= 15 is 0 Å². The first-order valence-corrected chi connectivity index (χ1v) is 7.77. The van der Waals surface area contributed by atoms with Gasteiger partial charge in [-0.2, -0.15) is 0 Å². The quantitative estimate of drug-likeness (QED) is 0.774. The average molecular weight is 321 g/mol. The van der Waals surface area contributed by atoms with Gasteiger partial charge in [0, 0.05) is 18.1 Å². The number of aryl methyl sites for hydroxylation is 1. The molecule has 0 aliphatic carbocycles. The smallest absolute Gasteiger partial charge is 0.410 e. The molecule has 3 rings (SSSR count). The molecule has 5 heteroatoms.